The summed E-state index contributed by atoms with van der Waals surface area (Å²) < 4.78 is 1.05. The molecule has 0 fully saturated rings. The van der Waals surface area contributed by atoms with Crippen molar-refractivity contribution in [2.75, 3.05) is 5.32 Å². The molecule has 3 aromatic rings. The summed E-state index contributed by atoms with van der Waals surface area (Å²) in [5, 5.41) is 4.59. The van der Waals surface area contributed by atoms with Crippen LogP contribution in [0.15, 0.2) is 59.2 Å². The van der Waals surface area contributed by atoms with Gasteiger partial charge >= 0.3 is 0 Å². The summed E-state index contributed by atoms with van der Waals surface area (Å²) in [6.45, 7) is 2.08. The van der Waals surface area contributed by atoms with Gasteiger partial charge in [0.25, 0.3) is 0 Å². The minimum atomic E-state index is 1.04. The van der Waals surface area contributed by atoms with Crippen molar-refractivity contribution in [2.24, 2.45) is 0 Å². The van der Waals surface area contributed by atoms with Crippen LogP contribution in [0.25, 0.3) is 10.9 Å². The average Bonchev–Trinajstić information content (AvgIpc) is 2.42. The zero-order chi connectivity index (χ0) is 13.2. The van der Waals surface area contributed by atoms with Crippen LogP contribution in [0.5, 0.6) is 0 Å². The van der Waals surface area contributed by atoms with E-state index < -0.39 is 0 Å². The van der Waals surface area contributed by atoms with E-state index in [0.717, 1.165) is 26.8 Å². The fourth-order valence-electron chi connectivity index (χ4n) is 2.14. The molecule has 0 atom stereocenters. The highest BCUT2D eigenvalue weighted by atomic mass is 79.9. The van der Waals surface area contributed by atoms with Crippen LogP contribution >= 0.6 is 15.9 Å². The van der Waals surface area contributed by atoms with Gasteiger partial charge in [-0.05, 0) is 46.6 Å². The maximum absolute atomic E-state index is 4.45. The third-order valence-electron chi connectivity index (χ3n) is 3.12. The van der Waals surface area contributed by atoms with Crippen LogP contribution in [0.2, 0.25) is 0 Å². The number of hydrogen-bond donors (Lipinski definition) is 1. The first kappa shape index (κ1) is 12.2. The molecule has 94 valence electrons. The molecule has 3 rings (SSSR count). The third-order valence-corrected chi connectivity index (χ3v) is 3.81. The molecule has 0 saturated heterocycles. The lowest BCUT2D eigenvalue weighted by Gasteiger charge is -2.11. The lowest BCUT2D eigenvalue weighted by molar-refractivity contribution is 1.36. The number of benzene rings is 2. The second kappa shape index (κ2) is 5.02. The number of halogens is 1. The normalized spacial score (nSPS) is 10.6. The highest BCUT2D eigenvalue weighted by Gasteiger charge is 2.05. The Morgan fingerprint density at radius 1 is 0.947 bits per heavy atom. The molecule has 1 N–H and O–H groups in total. The molecule has 1 aromatic heterocycles. The van der Waals surface area contributed by atoms with Gasteiger partial charge in [-0.15, -0.1) is 0 Å². The Labute approximate surface area is 120 Å². The number of pyridine rings is 1. The van der Waals surface area contributed by atoms with Crippen molar-refractivity contribution in [3.63, 3.8) is 0 Å². The van der Waals surface area contributed by atoms with Crippen LogP contribution in [0.4, 0.5) is 11.4 Å². The summed E-state index contributed by atoms with van der Waals surface area (Å²) in [5.41, 5.74) is 4.35. The van der Waals surface area contributed by atoms with E-state index in [2.05, 4.69) is 51.4 Å². The fraction of sp³-hybridized carbons (Fsp3) is 0.0625. The van der Waals surface area contributed by atoms with Gasteiger partial charge in [-0.2, -0.15) is 0 Å². The number of rotatable bonds is 2. The molecule has 19 heavy (non-hydrogen) atoms. The predicted octanol–water partition coefficient (Wildman–Crippen LogP) is 5.05. The van der Waals surface area contributed by atoms with Crippen LogP contribution in [0, 0.1) is 6.92 Å². The molecule has 0 amide bonds. The van der Waals surface area contributed by atoms with E-state index in [9.17, 15) is 0 Å². The summed E-state index contributed by atoms with van der Waals surface area (Å²) in [4.78, 5) is 4.45. The summed E-state index contributed by atoms with van der Waals surface area (Å²) in [7, 11) is 0. The number of aromatic nitrogens is 1. The molecule has 2 aromatic carbocycles. The van der Waals surface area contributed by atoms with Crippen LogP contribution in [-0.2, 0) is 0 Å². The molecule has 2 nitrogen and oxygen atoms in total. The maximum atomic E-state index is 4.45. The van der Waals surface area contributed by atoms with E-state index in [0.29, 0.717) is 0 Å². The molecule has 0 bridgehead atoms. The fourth-order valence-corrected chi connectivity index (χ4v) is 2.52. The van der Waals surface area contributed by atoms with Crippen molar-refractivity contribution in [3.05, 3.63) is 64.8 Å². The van der Waals surface area contributed by atoms with E-state index >= 15 is 0 Å². The summed E-state index contributed by atoms with van der Waals surface area (Å²) in [6, 6.07) is 16.3. The zero-order valence-electron chi connectivity index (χ0n) is 10.5. The van der Waals surface area contributed by atoms with E-state index in [1.54, 1.807) is 0 Å². The summed E-state index contributed by atoms with van der Waals surface area (Å²) in [5.74, 6) is 0. The highest BCUT2D eigenvalue weighted by Crippen LogP contribution is 2.30. The second-order valence-corrected chi connectivity index (χ2v) is 5.29. The largest absolute Gasteiger partial charge is 0.354 e. The average molecular weight is 313 g/mol. The Morgan fingerprint density at radius 2 is 1.79 bits per heavy atom. The Morgan fingerprint density at radius 3 is 2.63 bits per heavy atom. The Bertz CT molecular complexity index is 738. The number of hydrogen-bond acceptors (Lipinski definition) is 2. The van der Waals surface area contributed by atoms with Gasteiger partial charge < -0.3 is 5.32 Å². The standard InChI is InChI=1S/C16H13BrN2/c1-11-5-4-6-12-14(9-10-18-16(11)12)19-15-8-3-2-7-13(15)17/h2-10H,1H3,(H,18,19). The number of para-hydroxylation sites is 2. The highest BCUT2D eigenvalue weighted by molar-refractivity contribution is 9.10. The topological polar surface area (TPSA) is 24.9 Å². The lowest BCUT2D eigenvalue weighted by Crippen LogP contribution is -1.94. The van der Waals surface area contributed by atoms with Gasteiger partial charge in [0.05, 0.1) is 11.2 Å². The summed E-state index contributed by atoms with van der Waals surface area (Å²) in [6.07, 6.45) is 1.84. The zero-order valence-corrected chi connectivity index (χ0v) is 12.1. The van der Waals surface area contributed by atoms with Gasteiger partial charge in [0, 0.05) is 21.7 Å². The van der Waals surface area contributed by atoms with Gasteiger partial charge in [0.15, 0.2) is 0 Å². The smallest absolute Gasteiger partial charge is 0.0751 e. The van der Waals surface area contributed by atoms with E-state index in [1.165, 1.54) is 5.56 Å². The number of anilines is 2. The van der Waals surface area contributed by atoms with E-state index in [-0.39, 0.29) is 0 Å². The molecule has 0 radical (unpaired) electrons. The second-order valence-electron chi connectivity index (χ2n) is 4.43. The first-order valence-electron chi connectivity index (χ1n) is 6.11. The van der Waals surface area contributed by atoms with Crippen LogP contribution in [0.1, 0.15) is 5.56 Å². The van der Waals surface area contributed by atoms with Crippen LogP contribution < -0.4 is 5.32 Å². The van der Waals surface area contributed by atoms with Crippen molar-refractivity contribution < 1.29 is 0 Å². The van der Waals surface area contributed by atoms with E-state index in [4.69, 9.17) is 0 Å². The SMILES string of the molecule is Cc1cccc2c(Nc3ccccc3Br)ccnc12. The number of nitrogens with zero attached hydrogens (tertiary/aromatic N) is 1. The van der Waals surface area contributed by atoms with Gasteiger partial charge in [0.2, 0.25) is 0 Å². The van der Waals surface area contributed by atoms with Gasteiger partial charge in [-0.3, -0.25) is 4.98 Å². The number of nitrogens with one attached hydrogen (secondary N) is 1. The molecule has 0 saturated carbocycles. The van der Waals surface area contributed by atoms with Crippen molar-refractivity contribution in [1.29, 1.82) is 0 Å². The van der Waals surface area contributed by atoms with Crippen molar-refractivity contribution in [2.45, 2.75) is 6.92 Å². The van der Waals surface area contributed by atoms with Gasteiger partial charge in [-0.1, -0.05) is 30.3 Å². The van der Waals surface area contributed by atoms with Crippen molar-refractivity contribution in [1.82, 2.24) is 4.98 Å². The first-order chi connectivity index (χ1) is 9.25. The molecule has 0 aliphatic heterocycles. The van der Waals surface area contributed by atoms with Crippen molar-refractivity contribution in [3.8, 4) is 0 Å². The lowest BCUT2D eigenvalue weighted by atomic mass is 10.1. The maximum Gasteiger partial charge on any atom is 0.0751 e. The summed E-state index contributed by atoms with van der Waals surface area (Å²) >= 11 is 3.55. The molecule has 0 aliphatic carbocycles. The minimum Gasteiger partial charge on any atom is -0.354 e. The van der Waals surface area contributed by atoms with Crippen LogP contribution in [0.3, 0.4) is 0 Å². The number of fused-ring (bicyclic) bond motifs is 1. The Balaban J connectivity index is 2.12. The molecule has 0 unspecified atom stereocenters. The Kier molecular flexibility index (Phi) is 3.22. The van der Waals surface area contributed by atoms with Crippen molar-refractivity contribution >= 4 is 38.2 Å². The predicted molar refractivity (Wildman–Crippen MR) is 83.9 cm³/mol. The molecule has 0 spiro atoms. The minimum absolute atomic E-state index is 1.04. The van der Waals surface area contributed by atoms with Crippen LogP contribution in [-0.4, -0.2) is 4.98 Å². The molecule has 1 heterocycles. The molecule has 3 heteroatoms. The van der Waals surface area contributed by atoms with E-state index in [1.807, 2.05) is 36.5 Å². The molecule has 0 aliphatic rings. The molecular formula is C16H13BrN2. The van der Waals surface area contributed by atoms with Gasteiger partial charge in [0.1, 0.15) is 0 Å². The quantitative estimate of drug-likeness (QED) is 0.716. The number of aryl methyl sites for hydroxylation is 1. The monoisotopic (exact) mass is 312 g/mol. The molecular weight excluding hydrogens is 300 g/mol. The van der Waals surface area contributed by atoms with Gasteiger partial charge in [-0.25, -0.2) is 0 Å². The first-order valence-corrected chi connectivity index (χ1v) is 6.91. The third kappa shape index (κ3) is 2.34. The Hall–Kier alpha value is -1.87.